The van der Waals surface area contributed by atoms with Crippen molar-refractivity contribution in [2.45, 2.75) is 5.94 Å². The summed E-state index contributed by atoms with van der Waals surface area (Å²) >= 11 is 0. The predicted molar refractivity (Wildman–Crippen MR) is 40.8 cm³/mol. The molecule has 0 aromatic rings. The first-order valence-corrected chi connectivity index (χ1v) is 3.20. The standard InChI is InChI=1S/C5H12BN2O3/c1-10-5(9)4(8)6-11-3-2-7/h4H,2-3,7-8H2,1H3. The summed E-state index contributed by atoms with van der Waals surface area (Å²) in [4.78, 5) is 10.6. The summed E-state index contributed by atoms with van der Waals surface area (Å²) in [5.41, 5.74) is 10.4. The van der Waals surface area contributed by atoms with Crippen LogP contribution >= 0.6 is 0 Å². The molecule has 0 fully saturated rings. The molecular weight excluding hydrogens is 147 g/mol. The van der Waals surface area contributed by atoms with Crippen LogP contribution in [0.25, 0.3) is 0 Å². The zero-order valence-electron chi connectivity index (χ0n) is 6.45. The Morgan fingerprint density at radius 3 is 2.82 bits per heavy atom. The van der Waals surface area contributed by atoms with Crippen LogP contribution in [0.4, 0.5) is 0 Å². The summed E-state index contributed by atoms with van der Waals surface area (Å²) in [5.74, 6) is -1.35. The molecule has 63 valence electrons. The van der Waals surface area contributed by atoms with Crippen molar-refractivity contribution in [1.29, 1.82) is 0 Å². The lowest BCUT2D eigenvalue weighted by Crippen LogP contribution is -2.39. The summed E-state index contributed by atoms with van der Waals surface area (Å²) in [6, 6.07) is 0. The third-order valence-electron chi connectivity index (χ3n) is 0.952. The first-order chi connectivity index (χ1) is 5.22. The molecule has 0 amide bonds. The van der Waals surface area contributed by atoms with E-state index < -0.39 is 11.9 Å². The van der Waals surface area contributed by atoms with E-state index >= 15 is 0 Å². The van der Waals surface area contributed by atoms with Gasteiger partial charge in [0.2, 0.25) is 0 Å². The highest BCUT2D eigenvalue weighted by molar-refractivity contribution is 6.36. The van der Waals surface area contributed by atoms with E-state index in [1.54, 1.807) is 0 Å². The highest BCUT2D eigenvalue weighted by Crippen LogP contribution is 1.81. The Hall–Kier alpha value is -0.585. The van der Waals surface area contributed by atoms with Crippen LogP contribution in [0.5, 0.6) is 0 Å². The molecule has 6 heteroatoms. The Kier molecular flexibility index (Phi) is 5.82. The number of carbonyl (C=O) groups is 1. The minimum atomic E-state index is -0.827. The quantitative estimate of drug-likeness (QED) is 0.276. The molecule has 11 heavy (non-hydrogen) atoms. The van der Waals surface area contributed by atoms with E-state index in [1.165, 1.54) is 14.6 Å². The van der Waals surface area contributed by atoms with E-state index in [1.807, 2.05) is 0 Å². The van der Waals surface area contributed by atoms with Crippen molar-refractivity contribution in [1.82, 2.24) is 0 Å². The lowest BCUT2D eigenvalue weighted by Gasteiger charge is -2.06. The van der Waals surface area contributed by atoms with Crippen molar-refractivity contribution in [3.63, 3.8) is 0 Å². The molecule has 1 atom stereocenters. The molecule has 0 aliphatic carbocycles. The van der Waals surface area contributed by atoms with Crippen molar-refractivity contribution in [2.24, 2.45) is 11.5 Å². The number of hydrogen-bond donors (Lipinski definition) is 2. The summed E-state index contributed by atoms with van der Waals surface area (Å²) < 4.78 is 9.13. The predicted octanol–water partition coefficient (Wildman–Crippen LogP) is -1.96. The van der Waals surface area contributed by atoms with E-state index in [0.717, 1.165) is 0 Å². The largest absolute Gasteiger partial charge is 0.468 e. The van der Waals surface area contributed by atoms with E-state index in [-0.39, 0.29) is 0 Å². The number of nitrogens with two attached hydrogens (primary N) is 2. The number of hydrogen-bond acceptors (Lipinski definition) is 5. The highest BCUT2D eigenvalue weighted by Gasteiger charge is 2.15. The Balaban J connectivity index is 3.36. The maximum atomic E-state index is 10.6. The van der Waals surface area contributed by atoms with Gasteiger partial charge in [0.1, 0.15) is 5.94 Å². The molecule has 1 radical (unpaired) electrons. The van der Waals surface area contributed by atoms with Crippen LogP contribution < -0.4 is 11.5 Å². The molecule has 0 heterocycles. The van der Waals surface area contributed by atoms with Gasteiger partial charge in [-0.2, -0.15) is 0 Å². The van der Waals surface area contributed by atoms with Gasteiger partial charge in [-0.15, -0.1) is 0 Å². The second kappa shape index (κ2) is 6.15. The minimum absolute atomic E-state index is 0.352. The van der Waals surface area contributed by atoms with Gasteiger partial charge >= 0.3 is 13.5 Å². The first-order valence-electron chi connectivity index (χ1n) is 3.20. The summed E-state index contributed by atoms with van der Waals surface area (Å²) in [7, 11) is 2.47. The molecular formula is C5H12BN2O3. The summed E-state index contributed by atoms with van der Waals surface area (Å²) in [6.45, 7) is 0.745. The Bertz CT molecular complexity index is 122. The van der Waals surface area contributed by atoms with Crippen molar-refractivity contribution < 1.29 is 14.2 Å². The molecule has 0 spiro atoms. The molecule has 0 bridgehead atoms. The van der Waals surface area contributed by atoms with Gasteiger partial charge in [0.15, 0.2) is 0 Å². The van der Waals surface area contributed by atoms with Crippen molar-refractivity contribution >= 4 is 13.5 Å². The van der Waals surface area contributed by atoms with Gasteiger partial charge in [0.05, 0.1) is 7.11 Å². The fourth-order valence-electron chi connectivity index (χ4n) is 0.431. The van der Waals surface area contributed by atoms with E-state index in [0.29, 0.717) is 13.2 Å². The fourth-order valence-corrected chi connectivity index (χ4v) is 0.431. The molecule has 0 aliphatic rings. The molecule has 1 unspecified atom stereocenters. The molecule has 0 rings (SSSR count). The lowest BCUT2D eigenvalue weighted by atomic mass is 9.89. The number of esters is 1. The molecule has 5 nitrogen and oxygen atoms in total. The average Bonchev–Trinajstić information content (AvgIpc) is 2.03. The van der Waals surface area contributed by atoms with E-state index in [9.17, 15) is 4.79 Å². The fraction of sp³-hybridized carbons (Fsp3) is 0.800. The lowest BCUT2D eigenvalue weighted by molar-refractivity contribution is -0.140. The highest BCUT2D eigenvalue weighted by atomic mass is 16.5. The minimum Gasteiger partial charge on any atom is -0.468 e. The second-order valence-corrected chi connectivity index (χ2v) is 1.84. The van der Waals surface area contributed by atoms with Crippen molar-refractivity contribution in [2.75, 3.05) is 20.3 Å². The maximum Gasteiger partial charge on any atom is 0.323 e. The normalized spacial score (nSPS) is 12.3. The maximum absolute atomic E-state index is 10.6. The number of carbonyl (C=O) groups excluding carboxylic acids is 1. The smallest absolute Gasteiger partial charge is 0.323 e. The van der Waals surface area contributed by atoms with Gasteiger partial charge in [0, 0.05) is 13.2 Å². The zero-order valence-corrected chi connectivity index (χ0v) is 6.45. The molecule has 0 aliphatic heterocycles. The van der Waals surface area contributed by atoms with Crippen molar-refractivity contribution in [3.05, 3.63) is 0 Å². The first kappa shape index (κ1) is 10.4. The number of ether oxygens (including phenoxy) is 1. The Labute approximate surface area is 66.3 Å². The third-order valence-corrected chi connectivity index (χ3v) is 0.952. The average molecular weight is 159 g/mol. The topological polar surface area (TPSA) is 87.6 Å². The van der Waals surface area contributed by atoms with Gasteiger partial charge in [-0.25, -0.2) is 0 Å². The van der Waals surface area contributed by atoms with Crippen LogP contribution in [0.1, 0.15) is 0 Å². The summed E-state index contributed by atoms with van der Waals surface area (Å²) in [6.07, 6.45) is 0. The van der Waals surface area contributed by atoms with Crippen LogP contribution in [-0.2, 0) is 14.2 Å². The zero-order chi connectivity index (χ0) is 8.69. The molecule has 0 saturated heterocycles. The number of rotatable bonds is 5. The van der Waals surface area contributed by atoms with E-state index in [4.69, 9.17) is 16.1 Å². The van der Waals surface area contributed by atoms with Crippen LogP contribution in [0.3, 0.4) is 0 Å². The number of methoxy groups -OCH3 is 1. The SMILES string of the molecule is COC(=O)C(N)[B]OCCN. The van der Waals surface area contributed by atoms with Crippen LogP contribution in [0, 0.1) is 0 Å². The van der Waals surface area contributed by atoms with Crippen LogP contribution in [-0.4, -0.2) is 39.7 Å². The molecule has 0 aromatic heterocycles. The van der Waals surface area contributed by atoms with Crippen LogP contribution in [0.2, 0.25) is 0 Å². The second-order valence-electron chi connectivity index (χ2n) is 1.84. The van der Waals surface area contributed by atoms with Crippen molar-refractivity contribution in [3.8, 4) is 0 Å². The Morgan fingerprint density at radius 2 is 2.36 bits per heavy atom. The van der Waals surface area contributed by atoms with Gasteiger partial charge < -0.3 is 20.9 Å². The van der Waals surface area contributed by atoms with Gasteiger partial charge in [0.25, 0.3) is 0 Å². The molecule has 0 aromatic carbocycles. The van der Waals surface area contributed by atoms with Gasteiger partial charge in [-0.3, -0.25) is 4.79 Å². The van der Waals surface area contributed by atoms with Crippen LogP contribution in [0.15, 0.2) is 0 Å². The van der Waals surface area contributed by atoms with Gasteiger partial charge in [-0.05, 0) is 0 Å². The Morgan fingerprint density at radius 1 is 1.73 bits per heavy atom. The van der Waals surface area contributed by atoms with E-state index in [2.05, 4.69) is 4.74 Å². The molecule has 4 N–H and O–H groups in total. The third kappa shape index (κ3) is 4.77. The van der Waals surface area contributed by atoms with Gasteiger partial charge in [-0.1, -0.05) is 0 Å². The monoisotopic (exact) mass is 159 g/mol. The summed E-state index contributed by atoms with van der Waals surface area (Å²) in [5, 5.41) is 0. The molecule has 0 saturated carbocycles.